The fourth-order valence-electron chi connectivity index (χ4n) is 3.26. The second-order valence-corrected chi connectivity index (χ2v) is 6.51. The highest BCUT2D eigenvalue weighted by Gasteiger charge is 2.38. The molecule has 0 saturated heterocycles. The van der Waals surface area contributed by atoms with Crippen molar-refractivity contribution in [2.24, 2.45) is 5.41 Å². The molecule has 2 unspecified atom stereocenters. The molecule has 0 aromatic carbocycles. The van der Waals surface area contributed by atoms with E-state index in [9.17, 15) is 14.7 Å². The first-order valence-electron chi connectivity index (χ1n) is 7.98. The van der Waals surface area contributed by atoms with Gasteiger partial charge in [-0.3, -0.25) is 9.20 Å². The molecule has 1 aliphatic rings. The van der Waals surface area contributed by atoms with Crippen LogP contribution >= 0.6 is 0 Å². The molecular weight excluding hydrogens is 296 g/mol. The molecular formula is C16H22N4O3. The molecule has 0 bridgehead atoms. The third kappa shape index (κ3) is 3.01. The van der Waals surface area contributed by atoms with Crippen LogP contribution in [0.1, 0.15) is 32.6 Å². The second-order valence-electron chi connectivity index (χ2n) is 6.51. The number of aliphatic hydroxyl groups is 1. The van der Waals surface area contributed by atoms with Crippen LogP contribution in [0.3, 0.4) is 0 Å². The van der Waals surface area contributed by atoms with Gasteiger partial charge in [-0.15, -0.1) is 5.10 Å². The molecule has 2 aromatic heterocycles. The average Bonchev–Trinajstić information content (AvgIpc) is 3.07. The Bertz CT molecular complexity index is 766. The molecule has 0 aliphatic heterocycles. The van der Waals surface area contributed by atoms with Crippen molar-refractivity contribution in [1.82, 2.24) is 19.5 Å². The smallest absolute Gasteiger partial charge is 0.350 e. The van der Waals surface area contributed by atoms with Gasteiger partial charge in [0.25, 0.3) is 0 Å². The zero-order valence-electron chi connectivity index (χ0n) is 13.2. The maximum atomic E-state index is 12.2. The van der Waals surface area contributed by atoms with Gasteiger partial charge in [-0.05, 0) is 25.0 Å². The average molecular weight is 318 g/mol. The molecule has 0 radical (unpaired) electrons. The Morgan fingerprint density at radius 3 is 3.09 bits per heavy atom. The molecule has 2 aromatic rings. The van der Waals surface area contributed by atoms with Gasteiger partial charge in [0, 0.05) is 24.1 Å². The number of fused-ring (bicyclic) bond motifs is 1. The van der Waals surface area contributed by atoms with E-state index in [2.05, 4.69) is 10.4 Å². The van der Waals surface area contributed by atoms with Crippen molar-refractivity contribution in [3.05, 3.63) is 34.9 Å². The summed E-state index contributed by atoms with van der Waals surface area (Å²) in [5, 5.41) is 16.7. The number of nitrogens with zero attached hydrogens (tertiary/aromatic N) is 3. The van der Waals surface area contributed by atoms with Crippen LogP contribution in [0.15, 0.2) is 29.2 Å². The van der Waals surface area contributed by atoms with Crippen LogP contribution < -0.4 is 11.0 Å². The van der Waals surface area contributed by atoms with Gasteiger partial charge in [0.1, 0.15) is 0 Å². The summed E-state index contributed by atoms with van der Waals surface area (Å²) in [6.07, 6.45) is 4.67. The lowest BCUT2D eigenvalue weighted by Gasteiger charge is -2.30. The lowest BCUT2D eigenvalue weighted by molar-refractivity contribution is -0.122. The fraction of sp³-hybridized carbons (Fsp3) is 0.562. The minimum Gasteiger partial charge on any atom is -0.396 e. The van der Waals surface area contributed by atoms with E-state index in [1.54, 1.807) is 18.3 Å². The molecule has 7 heteroatoms. The number of carbonyl (C=O) groups excluding carboxylic acids is 1. The summed E-state index contributed by atoms with van der Waals surface area (Å²) >= 11 is 0. The normalized spacial score (nSPS) is 24.2. The summed E-state index contributed by atoms with van der Waals surface area (Å²) in [6.45, 7) is 2.32. The number of aromatic nitrogens is 3. The largest absolute Gasteiger partial charge is 0.396 e. The number of nitrogens with one attached hydrogen (secondary N) is 1. The monoisotopic (exact) mass is 318 g/mol. The van der Waals surface area contributed by atoms with E-state index in [-0.39, 0.29) is 42.6 Å². The van der Waals surface area contributed by atoms with E-state index >= 15 is 0 Å². The molecule has 7 nitrogen and oxygen atoms in total. The Morgan fingerprint density at radius 2 is 2.35 bits per heavy atom. The van der Waals surface area contributed by atoms with Crippen molar-refractivity contribution in [2.45, 2.75) is 45.2 Å². The Labute approximate surface area is 133 Å². The van der Waals surface area contributed by atoms with Crippen molar-refractivity contribution in [3.63, 3.8) is 0 Å². The number of rotatable bonds is 5. The second kappa shape index (κ2) is 6.16. The van der Waals surface area contributed by atoms with Crippen LogP contribution in [-0.2, 0) is 11.3 Å². The standard InChI is InChI=1S/C16H22N4O3/c1-16(11-21)8-4-5-12(16)17-14(22)7-10-20-15(23)19-9-3-2-6-13(19)18-20/h2-3,6,9,12,21H,4-5,7-8,10-11H2,1H3,(H,17,22). The molecule has 3 rings (SSSR count). The van der Waals surface area contributed by atoms with Crippen molar-refractivity contribution in [3.8, 4) is 0 Å². The molecule has 124 valence electrons. The van der Waals surface area contributed by atoms with Gasteiger partial charge in [-0.25, -0.2) is 9.48 Å². The molecule has 2 N–H and O–H groups in total. The van der Waals surface area contributed by atoms with Crippen molar-refractivity contribution >= 4 is 11.6 Å². The molecule has 1 saturated carbocycles. The highest BCUT2D eigenvalue weighted by atomic mass is 16.3. The Balaban J connectivity index is 1.62. The molecule has 2 atom stereocenters. The van der Waals surface area contributed by atoms with Crippen molar-refractivity contribution < 1.29 is 9.90 Å². The first-order chi connectivity index (χ1) is 11.0. The van der Waals surface area contributed by atoms with Crippen LogP contribution in [-0.4, -0.2) is 37.8 Å². The number of hydrogen-bond donors (Lipinski definition) is 2. The van der Waals surface area contributed by atoms with Crippen molar-refractivity contribution in [2.75, 3.05) is 6.61 Å². The number of aliphatic hydroxyl groups excluding tert-OH is 1. The van der Waals surface area contributed by atoms with Gasteiger partial charge in [-0.1, -0.05) is 19.4 Å². The first-order valence-corrected chi connectivity index (χ1v) is 7.98. The lowest BCUT2D eigenvalue weighted by atomic mass is 9.86. The third-order valence-electron chi connectivity index (χ3n) is 4.82. The maximum Gasteiger partial charge on any atom is 0.350 e. The van der Waals surface area contributed by atoms with Crippen LogP contribution in [0.2, 0.25) is 0 Å². The highest BCUT2D eigenvalue weighted by Crippen LogP contribution is 2.37. The maximum absolute atomic E-state index is 12.2. The summed E-state index contributed by atoms with van der Waals surface area (Å²) in [6, 6.07) is 5.33. The molecule has 1 amide bonds. The highest BCUT2D eigenvalue weighted by molar-refractivity contribution is 5.76. The lowest BCUT2D eigenvalue weighted by Crippen LogP contribution is -2.45. The van der Waals surface area contributed by atoms with E-state index in [1.807, 2.05) is 13.0 Å². The minimum absolute atomic E-state index is 0.00205. The van der Waals surface area contributed by atoms with E-state index in [0.29, 0.717) is 5.65 Å². The van der Waals surface area contributed by atoms with Gasteiger partial charge < -0.3 is 10.4 Å². The zero-order valence-corrected chi connectivity index (χ0v) is 13.2. The molecule has 1 fully saturated rings. The first kappa shape index (κ1) is 15.7. The van der Waals surface area contributed by atoms with Crippen LogP contribution in [0.25, 0.3) is 5.65 Å². The van der Waals surface area contributed by atoms with Crippen LogP contribution in [0.4, 0.5) is 0 Å². The number of pyridine rings is 1. The van der Waals surface area contributed by atoms with E-state index in [0.717, 1.165) is 19.3 Å². The van der Waals surface area contributed by atoms with Gasteiger partial charge in [-0.2, -0.15) is 0 Å². The van der Waals surface area contributed by atoms with E-state index in [1.165, 1.54) is 9.08 Å². The molecule has 23 heavy (non-hydrogen) atoms. The number of hydrogen-bond acceptors (Lipinski definition) is 4. The topological polar surface area (TPSA) is 88.6 Å². The van der Waals surface area contributed by atoms with E-state index in [4.69, 9.17) is 0 Å². The van der Waals surface area contributed by atoms with Gasteiger partial charge in [0.2, 0.25) is 5.91 Å². The number of amides is 1. The number of aryl methyl sites for hydroxylation is 1. The number of carbonyl (C=O) groups is 1. The quantitative estimate of drug-likeness (QED) is 0.843. The van der Waals surface area contributed by atoms with Gasteiger partial charge >= 0.3 is 5.69 Å². The molecule has 2 heterocycles. The summed E-state index contributed by atoms with van der Waals surface area (Å²) < 4.78 is 2.77. The Morgan fingerprint density at radius 1 is 1.52 bits per heavy atom. The summed E-state index contributed by atoms with van der Waals surface area (Å²) in [7, 11) is 0. The van der Waals surface area contributed by atoms with Crippen molar-refractivity contribution in [1.29, 1.82) is 0 Å². The molecule has 0 spiro atoms. The fourth-order valence-corrected chi connectivity index (χ4v) is 3.26. The Kier molecular flexibility index (Phi) is 4.21. The van der Waals surface area contributed by atoms with Crippen LogP contribution in [0.5, 0.6) is 0 Å². The molecule has 1 aliphatic carbocycles. The predicted molar refractivity (Wildman–Crippen MR) is 85.0 cm³/mol. The van der Waals surface area contributed by atoms with Gasteiger partial charge in [0.15, 0.2) is 5.65 Å². The summed E-state index contributed by atoms with van der Waals surface area (Å²) in [4.78, 5) is 24.3. The zero-order chi connectivity index (χ0) is 16.4. The summed E-state index contributed by atoms with van der Waals surface area (Å²) in [5.74, 6) is -0.111. The van der Waals surface area contributed by atoms with E-state index < -0.39 is 0 Å². The SMILES string of the molecule is CC1(CO)CCCC1NC(=O)CCn1nc2ccccn2c1=O. The summed E-state index contributed by atoms with van der Waals surface area (Å²) in [5.41, 5.74) is 0.0892. The third-order valence-corrected chi connectivity index (χ3v) is 4.82. The van der Waals surface area contributed by atoms with Crippen LogP contribution in [0, 0.1) is 5.41 Å². The Hall–Kier alpha value is -2.15. The minimum atomic E-state index is -0.241. The van der Waals surface area contributed by atoms with Gasteiger partial charge in [0.05, 0.1) is 13.2 Å². The predicted octanol–water partition coefficient (Wildman–Crippen LogP) is 0.553.